The molecule has 2 N–H and O–H groups in total. The molecule has 0 spiro atoms. The van der Waals surface area contributed by atoms with Gasteiger partial charge >= 0.3 is 0 Å². The second kappa shape index (κ2) is 7.54. The molecular formula is C21H16FN7O2S. The van der Waals surface area contributed by atoms with Gasteiger partial charge in [0, 0.05) is 23.6 Å². The molecule has 0 saturated carbocycles. The monoisotopic (exact) mass is 449 g/mol. The Balaban J connectivity index is 1.41. The Bertz CT molecular complexity index is 1530. The Morgan fingerprint density at radius 3 is 2.62 bits per heavy atom. The van der Waals surface area contributed by atoms with Crippen LogP contribution in [0.15, 0.2) is 71.9 Å². The summed E-state index contributed by atoms with van der Waals surface area (Å²) in [5, 5.41) is 13.0. The number of tetrazole rings is 1. The van der Waals surface area contributed by atoms with Gasteiger partial charge in [-0.3, -0.25) is 4.72 Å². The number of imidazole rings is 1. The number of halogens is 1. The standard InChI is InChI=1S/C21H16FN7O2S/c1-13-3-2-10-29-12-19(23-21(13)29)14-4-6-15(7-5-14)26-32(30,31)16-8-9-18(22)17(11-16)20-24-27-28-25-20/h2-12,26H,1H3,(H,24,25,27,28). The number of H-pyrrole nitrogens is 1. The van der Waals surface area contributed by atoms with Gasteiger partial charge in [0.1, 0.15) is 11.5 Å². The van der Waals surface area contributed by atoms with E-state index in [1.165, 1.54) is 6.07 Å². The molecule has 5 rings (SSSR count). The zero-order valence-corrected chi connectivity index (χ0v) is 17.5. The first-order chi connectivity index (χ1) is 15.4. The number of hydrogen-bond acceptors (Lipinski definition) is 6. The lowest BCUT2D eigenvalue weighted by Crippen LogP contribution is -2.13. The maximum absolute atomic E-state index is 14.1. The number of aromatic nitrogens is 6. The highest BCUT2D eigenvalue weighted by Crippen LogP contribution is 2.26. The highest BCUT2D eigenvalue weighted by atomic mass is 32.2. The fraction of sp³-hybridized carbons (Fsp3) is 0.0476. The summed E-state index contributed by atoms with van der Waals surface area (Å²) >= 11 is 0. The van der Waals surface area contributed by atoms with Crippen molar-refractivity contribution in [2.75, 3.05) is 4.72 Å². The minimum absolute atomic E-state index is 0.0356. The van der Waals surface area contributed by atoms with Crippen molar-refractivity contribution in [3.05, 3.63) is 78.4 Å². The third kappa shape index (κ3) is 3.58. The first-order valence-corrected chi connectivity index (χ1v) is 11.0. The Morgan fingerprint density at radius 2 is 1.91 bits per heavy atom. The van der Waals surface area contributed by atoms with E-state index in [0.29, 0.717) is 5.69 Å². The molecule has 0 unspecified atom stereocenters. The first kappa shape index (κ1) is 19.8. The van der Waals surface area contributed by atoms with Crippen LogP contribution in [0.25, 0.3) is 28.3 Å². The molecule has 160 valence electrons. The summed E-state index contributed by atoms with van der Waals surface area (Å²) in [5.41, 5.74) is 3.83. The van der Waals surface area contributed by atoms with Gasteiger partial charge < -0.3 is 4.40 Å². The van der Waals surface area contributed by atoms with E-state index in [4.69, 9.17) is 0 Å². The molecular weight excluding hydrogens is 433 g/mol. The number of rotatable bonds is 5. The highest BCUT2D eigenvalue weighted by molar-refractivity contribution is 7.92. The van der Waals surface area contributed by atoms with E-state index in [2.05, 4.69) is 30.3 Å². The van der Waals surface area contributed by atoms with Crippen molar-refractivity contribution in [3.63, 3.8) is 0 Å². The smallest absolute Gasteiger partial charge is 0.261 e. The van der Waals surface area contributed by atoms with E-state index in [1.54, 1.807) is 24.3 Å². The third-order valence-corrected chi connectivity index (χ3v) is 6.32. The van der Waals surface area contributed by atoms with Gasteiger partial charge in [-0.15, -0.1) is 10.2 Å². The highest BCUT2D eigenvalue weighted by Gasteiger charge is 2.19. The number of aromatic amines is 1. The molecule has 0 saturated heterocycles. The molecule has 11 heteroatoms. The predicted molar refractivity (Wildman–Crippen MR) is 116 cm³/mol. The molecule has 3 heterocycles. The van der Waals surface area contributed by atoms with Crippen molar-refractivity contribution in [2.24, 2.45) is 0 Å². The Morgan fingerprint density at radius 1 is 1.09 bits per heavy atom. The van der Waals surface area contributed by atoms with Crippen LogP contribution in [0.5, 0.6) is 0 Å². The Labute approximate surface area is 182 Å². The molecule has 2 aromatic carbocycles. The molecule has 32 heavy (non-hydrogen) atoms. The number of nitrogens with one attached hydrogen (secondary N) is 2. The molecule has 0 bridgehead atoms. The average Bonchev–Trinajstić information content (AvgIpc) is 3.45. The number of sulfonamides is 1. The molecule has 0 aliphatic carbocycles. The van der Waals surface area contributed by atoms with Gasteiger partial charge in [0.25, 0.3) is 10.0 Å². The van der Waals surface area contributed by atoms with Crippen molar-refractivity contribution in [1.29, 1.82) is 0 Å². The largest absolute Gasteiger partial charge is 0.306 e. The van der Waals surface area contributed by atoms with Gasteiger partial charge in [0.05, 0.1) is 16.2 Å². The lowest BCUT2D eigenvalue weighted by molar-refractivity contribution is 0.600. The molecule has 5 aromatic rings. The number of pyridine rings is 1. The van der Waals surface area contributed by atoms with E-state index >= 15 is 0 Å². The van der Waals surface area contributed by atoms with Gasteiger partial charge in [-0.05, 0) is 54.1 Å². The second-order valence-corrected chi connectivity index (χ2v) is 8.79. The van der Waals surface area contributed by atoms with Crippen LogP contribution < -0.4 is 4.72 Å². The zero-order valence-electron chi connectivity index (χ0n) is 16.7. The van der Waals surface area contributed by atoms with Gasteiger partial charge in [-0.2, -0.15) is 5.21 Å². The van der Waals surface area contributed by atoms with Gasteiger partial charge in [-0.25, -0.2) is 17.8 Å². The van der Waals surface area contributed by atoms with Crippen LogP contribution in [0.4, 0.5) is 10.1 Å². The summed E-state index contributed by atoms with van der Waals surface area (Å²) in [6.45, 7) is 1.99. The van der Waals surface area contributed by atoms with Crippen molar-refractivity contribution in [3.8, 4) is 22.6 Å². The molecule has 0 atom stereocenters. The van der Waals surface area contributed by atoms with Crippen molar-refractivity contribution >= 4 is 21.4 Å². The number of nitrogens with zero attached hydrogens (tertiary/aromatic N) is 5. The maximum atomic E-state index is 14.1. The molecule has 0 fully saturated rings. The molecule has 0 aliphatic rings. The van der Waals surface area contributed by atoms with E-state index in [-0.39, 0.29) is 16.3 Å². The van der Waals surface area contributed by atoms with Crippen LogP contribution in [-0.2, 0) is 10.0 Å². The first-order valence-electron chi connectivity index (χ1n) is 9.52. The SMILES string of the molecule is Cc1cccn2cc(-c3ccc(NS(=O)(=O)c4ccc(F)c(-c5nn[nH]n5)c4)cc3)nc12. The normalized spacial score (nSPS) is 11.7. The van der Waals surface area contributed by atoms with Gasteiger partial charge in [0.15, 0.2) is 0 Å². The topological polar surface area (TPSA) is 118 Å². The van der Waals surface area contributed by atoms with Gasteiger partial charge in [-0.1, -0.05) is 18.2 Å². The van der Waals surface area contributed by atoms with Crippen molar-refractivity contribution in [1.82, 2.24) is 30.0 Å². The lowest BCUT2D eigenvalue weighted by Gasteiger charge is -2.09. The average molecular weight is 449 g/mol. The molecule has 0 amide bonds. The number of benzene rings is 2. The summed E-state index contributed by atoms with van der Waals surface area (Å²) in [5.74, 6) is -0.691. The Hall–Kier alpha value is -4.12. The van der Waals surface area contributed by atoms with Crippen LogP contribution in [0, 0.1) is 12.7 Å². The second-order valence-electron chi connectivity index (χ2n) is 7.11. The third-order valence-electron chi connectivity index (χ3n) is 4.95. The van der Waals surface area contributed by atoms with E-state index in [9.17, 15) is 12.8 Å². The minimum Gasteiger partial charge on any atom is -0.306 e. The number of hydrogen-bond donors (Lipinski definition) is 2. The Kier molecular flexibility index (Phi) is 4.67. The number of aryl methyl sites for hydroxylation is 1. The van der Waals surface area contributed by atoms with Crippen LogP contribution in [0.3, 0.4) is 0 Å². The van der Waals surface area contributed by atoms with Crippen molar-refractivity contribution in [2.45, 2.75) is 11.8 Å². The quantitative estimate of drug-likeness (QED) is 0.424. The maximum Gasteiger partial charge on any atom is 0.261 e. The van der Waals surface area contributed by atoms with Crippen LogP contribution in [0.1, 0.15) is 5.56 Å². The molecule has 0 aliphatic heterocycles. The predicted octanol–water partition coefficient (Wildman–Crippen LogP) is 3.43. The molecule has 0 radical (unpaired) electrons. The van der Waals surface area contributed by atoms with E-state index < -0.39 is 15.8 Å². The summed E-state index contributed by atoms with van der Waals surface area (Å²) in [7, 11) is -3.97. The fourth-order valence-corrected chi connectivity index (χ4v) is 4.42. The summed E-state index contributed by atoms with van der Waals surface area (Å²) < 4.78 is 44.2. The van der Waals surface area contributed by atoms with Crippen LogP contribution in [-0.4, -0.2) is 38.4 Å². The zero-order chi connectivity index (χ0) is 22.3. The molecule has 9 nitrogen and oxygen atoms in total. The number of fused-ring (bicyclic) bond motifs is 1. The summed E-state index contributed by atoms with van der Waals surface area (Å²) in [4.78, 5) is 4.52. The van der Waals surface area contributed by atoms with Crippen LogP contribution >= 0.6 is 0 Å². The van der Waals surface area contributed by atoms with Crippen LogP contribution in [0.2, 0.25) is 0 Å². The summed E-state index contributed by atoms with van der Waals surface area (Å²) in [6, 6.07) is 14.2. The lowest BCUT2D eigenvalue weighted by atomic mass is 10.1. The molecule has 3 aromatic heterocycles. The van der Waals surface area contributed by atoms with Gasteiger partial charge in [0.2, 0.25) is 5.82 Å². The van der Waals surface area contributed by atoms with E-state index in [1.807, 2.05) is 35.9 Å². The van der Waals surface area contributed by atoms with E-state index in [0.717, 1.165) is 34.6 Å². The summed E-state index contributed by atoms with van der Waals surface area (Å²) in [6.07, 6.45) is 3.84. The number of anilines is 1. The fourth-order valence-electron chi connectivity index (χ4n) is 3.33. The minimum atomic E-state index is -3.97. The van der Waals surface area contributed by atoms with Crippen molar-refractivity contribution < 1.29 is 12.8 Å².